The smallest absolute Gasteiger partial charge is 0.410 e. The van der Waals surface area contributed by atoms with Crippen molar-refractivity contribution in [3.05, 3.63) is 51.5 Å². The summed E-state index contributed by atoms with van der Waals surface area (Å²) in [7, 11) is -1.29. The summed E-state index contributed by atoms with van der Waals surface area (Å²) >= 11 is 1.24. The van der Waals surface area contributed by atoms with E-state index in [1.165, 1.54) is 31.0 Å². The maximum absolute atomic E-state index is 12.8. The summed E-state index contributed by atoms with van der Waals surface area (Å²) in [5, 5.41) is 0.519. The van der Waals surface area contributed by atoms with Gasteiger partial charge >= 0.3 is 16.3 Å². The number of hydrogen-bond acceptors (Lipinski definition) is 7. The number of amides is 2. The molecule has 2 rings (SSSR count). The topological polar surface area (TPSA) is 109 Å². The zero-order valence-corrected chi connectivity index (χ0v) is 21.5. The van der Waals surface area contributed by atoms with E-state index in [1.807, 2.05) is 35.1 Å². The largest absolute Gasteiger partial charge is 0.444 e. The van der Waals surface area contributed by atoms with Gasteiger partial charge in [-0.05, 0) is 46.1 Å². The molecule has 1 N–H and O–H groups in total. The number of thiazole rings is 1. The van der Waals surface area contributed by atoms with Gasteiger partial charge in [-0.2, -0.15) is 12.7 Å². The first-order valence-electron chi connectivity index (χ1n) is 10.5. The molecule has 0 atom stereocenters. The Morgan fingerprint density at radius 3 is 2.36 bits per heavy atom. The number of benzene rings is 1. The Morgan fingerprint density at radius 2 is 1.79 bits per heavy atom. The summed E-state index contributed by atoms with van der Waals surface area (Å²) < 4.78 is 32.4. The predicted molar refractivity (Wildman–Crippen MR) is 128 cm³/mol. The SMILES string of the molecule is Cc1sc(CN(CCCc2ccccc2)C(=O)OC(C)(C)C)nc1C(=O)NS(=O)(=O)N(C)C. The Bertz CT molecular complexity index is 1060. The summed E-state index contributed by atoms with van der Waals surface area (Å²) in [6.07, 6.45) is 1.05. The van der Waals surface area contributed by atoms with Crippen LogP contribution in [0.1, 0.15) is 53.1 Å². The molecule has 0 saturated heterocycles. The highest BCUT2D eigenvalue weighted by atomic mass is 32.2. The van der Waals surface area contributed by atoms with Crippen LogP contribution in [0.2, 0.25) is 0 Å². The second-order valence-corrected chi connectivity index (χ2v) is 11.9. The molecule has 0 bridgehead atoms. The lowest BCUT2D eigenvalue weighted by Crippen LogP contribution is -2.40. The van der Waals surface area contributed by atoms with Crippen LogP contribution in [0.4, 0.5) is 4.79 Å². The van der Waals surface area contributed by atoms with Gasteiger partial charge in [-0.25, -0.2) is 14.5 Å². The normalized spacial score (nSPS) is 12.0. The zero-order chi connectivity index (χ0) is 24.8. The molecule has 1 aromatic heterocycles. The van der Waals surface area contributed by atoms with E-state index < -0.39 is 27.8 Å². The van der Waals surface area contributed by atoms with E-state index in [4.69, 9.17) is 4.74 Å². The van der Waals surface area contributed by atoms with Gasteiger partial charge in [0.15, 0.2) is 0 Å². The molecule has 33 heavy (non-hydrogen) atoms. The first-order valence-corrected chi connectivity index (χ1v) is 12.8. The fraction of sp³-hybridized carbons (Fsp3) is 0.500. The second kappa shape index (κ2) is 11.1. The van der Waals surface area contributed by atoms with E-state index in [2.05, 4.69) is 4.98 Å². The minimum atomic E-state index is -3.93. The molecule has 2 amide bonds. The number of nitrogens with one attached hydrogen (secondary N) is 1. The van der Waals surface area contributed by atoms with Crippen LogP contribution < -0.4 is 4.72 Å². The summed E-state index contributed by atoms with van der Waals surface area (Å²) in [4.78, 5) is 31.7. The Balaban J connectivity index is 2.15. The number of nitrogens with zero attached hydrogens (tertiary/aromatic N) is 3. The van der Waals surface area contributed by atoms with Crippen molar-refractivity contribution in [1.29, 1.82) is 0 Å². The molecule has 1 heterocycles. The molecule has 0 spiro atoms. The van der Waals surface area contributed by atoms with E-state index >= 15 is 0 Å². The van der Waals surface area contributed by atoms with Crippen LogP contribution in [0.3, 0.4) is 0 Å². The highest BCUT2D eigenvalue weighted by Crippen LogP contribution is 2.21. The Hall–Kier alpha value is -2.50. The van der Waals surface area contributed by atoms with Gasteiger partial charge in [0.05, 0.1) is 6.54 Å². The van der Waals surface area contributed by atoms with Gasteiger partial charge in [0.2, 0.25) is 0 Å². The number of rotatable bonds is 9. The molecule has 0 saturated carbocycles. The average molecular weight is 497 g/mol. The molecule has 182 valence electrons. The van der Waals surface area contributed by atoms with Crippen molar-refractivity contribution in [1.82, 2.24) is 18.9 Å². The van der Waals surface area contributed by atoms with Crippen LogP contribution in [0, 0.1) is 6.92 Å². The first-order chi connectivity index (χ1) is 15.3. The molecule has 2 aromatic rings. The molecule has 0 fully saturated rings. The molecule has 0 aliphatic carbocycles. The molecule has 0 unspecified atom stereocenters. The monoisotopic (exact) mass is 496 g/mol. The van der Waals surface area contributed by atoms with Gasteiger partial charge in [-0.15, -0.1) is 11.3 Å². The lowest BCUT2D eigenvalue weighted by atomic mass is 10.1. The Morgan fingerprint density at radius 1 is 1.15 bits per heavy atom. The summed E-state index contributed by atoms with van der Waals surface area (Å²) in [6.45, 7) is 7.68. The van der Waals surface area contributed by atoms with Gasteiger partial charge in [0.25, 0.3) is 5.91 Å². The minimum Gasteiger partial charge on any atom is -0.444 e. The van der Waals surface area contributed by atoms with Crippen LogP contribution in [-0.4, -0.2) is 60.8 Å². The van der Waals surface area contributed by atoms with Crippen LogP contribution in [-0.2, 0) is 27.9 Å². The lowest BCUT2D eigenvalue weighted by molar-refractivity contribution is 0.0231. The van der Waals surface area contributed by atoms with Crippen LogP contribution >= 0.6 is 11.3 Å². The fourth-order valence-corrected chi connectivity index (χ4v) is 4.29. The predicted octanol–water partition coefficient (Wildman–Crippen LogP) is 3.36. The number of aromatic nitrogens is 1. The number of carbonyl (C=O) groups is 2. The number of hydrogen-bond donors (Lipinski definition) is 1. The maximum atomic E-state index is 12.8. The molecule has 0 radical (unpaired) electrons. The van der Waals surface area contributed by atoms with Crippen molar-refractivity contribution in [3.63, 3.8) is 0 Å². The summed E-state index contributed by atoms with van der Waals surface area (Å²) in [6, 6.07) is 9.98. The minimum absolute atomic E-state index is 0.0221. The van der Waals surface area contributed by atoms with Gasteiger partial charge < -0.3 is 9.64 Å². The van der Waals surface area contributed by atoms with Crippen LogP contribution in [0.25, 0.3) is 0 Å². The van der Waals surface area contributed by atoms with Gasteiger partial charge in [-0.3, -0.25) is 4.79 Å². The van der Waals surface area contributed by atoms with Gasteiger partial charge in [0.1, 0.15) is 16.3 Å². The van der Waals surface area contributed by atoms with E-state index in [-0.39, 0.29) is 12.2 Å². The van der Waals surface area contributed by atoms with Crippen molar-refractivity contribution in [2.75, 3.05) is 20.6 Å². The Labute approximate surface area is 199 Å². The van der Waals surface area contributed by atoms with Crippen LogP contribution in [0.15, 0.2) is 30.3 Å². The highest BCUT2D eigenvalue weighted by molar-refractivity contribution is 7.87. The second-order valence-electron chi connectivity index (χ2n) is 8.72. The van der Waals surface area contributed by atoms with Crippen molar-refractivity contribution >= 4 is 33.5 Å². The van der Waals surface area contributed by atoms with Gasteiger partial charge in [-0.1, -0.05) is 30.3 Å². The molecule has 1 aromatic carbocycles. The van der Waals surface area contributed by atoms with E-state index in [9.17, 15) is 18.0 Å². The fourth-order valence-electron chi connectivity index (χ4n) is 2.83. The third kappa shape index (κ3) is 8.41. The van der Waals surface area contributed by atoms with E-state index in [1.54, 1.807) is 32.6 Å². The maximum Gasteiger partial charge on any atom is 0.410 e. The quantitative estimate of drug-likeness (QED) is 0.570. The van der Waals surface area contributed by atoms with Crippen LogP contribution in [0.5, 0.6) is 0 Å². The van der Waals surface area contributed by atoms with Crippen molar-refractivity contribution in [2.24, 2.45) is 0 Å². The summed E-state index contributed by atoms with van der Waals surface area (Å²) in [5.41, 5.74) is 0.542. The third-order valence-electron chi connectivity index (χ3n) is 4.47. The Kier molecular flexibility index (Phi) is 8.98. The molecule has 11 heteroatoms. The van der Waals surface area contributed by atoms with Crippen molar-refractivity contribution in [2.45, 2.75) is 52.7 Å². The van der Waals surface area contributed by atoms with E-state index in [0.717, 1.165) is 17.1 Å². The number of aryl methyl sites for hydroxylation is 2. The molecular weight excluding hydrogens is 464 g/mol. The molecule has 9 nitrogen and oxygen atoms in total. The zero-order valence-electron chi connectivity index (χ0n) is 19.9. The average Bonchev–Trinajstić information content (AvgIpc) is 3.06. The third-order valence-corrected chi connectivity index (χ3v) is 6.83. The van der Waals surface area contributed by atoms with Crippen molar-refractivity contribution in [3.8, 4) is 0 Å². The highest BCUT2D eigenvalue weighted by Gasteiger charge is 2.26. The first kappa shape index (κ1) is 26.7. The standard InChI is InChI=1S/C22H32N4O5S2/c1-16-19(20(27)24-33(29,30)25(5)6)23-18(32-16)15-26(21(28)31-22(2,3)4)14-10-13-17-11-8-7-9-12-17/h7-9,11-12H,10,13-15H2,1-6H3,(H,24,27). The molecule has 0 aliphatic rings. The van der Waals surface area contributed by atoms with Crippen molar-refractivity contribution < 1.29 is 22.7 Å². The van der Waals surface area contributed by atoms with E-state index in [0.29, 0.717) is 16.4 Å². The molecular formula is C22H32N4O5S2. The summed E-state index contributed by atoms with van der Waals surface area (Å²) in [5.74, 6) is -0.809. The van der Waals surface area contributed by atoms with Gasteiger partial charge in [0, 0.05) is 25.5 Å². The lowest BCUT2D eigenvalue weighted by Gasteiger charge is -2.27. The molecule has 0 aliphatic heterocycles. The number of carbonyl (C=O) groups excluding carboxylic acids is 2. The number of ether oxygens (including phenoxy) is 1.